The predicted octanol–water partition coefficient (Wildman–Crippen LogP) is 1.10. The number of primary sulfonamides is 1. The van der Waals surface area contributed by atoms with E-state index in [0.29, 0.717) is 18.0 Å². The van der Waals surface area contributed by atoms with Gasteiger partial charge < -0.3 is 9.64 Å². The third-order valence-corrected chi connectivity index (χ3v) is 4.72. The second kappa shape index (κ2) is 5.71. The van der Waals surface area contributed by atoms with Crippen molar-refractivity contribution in [3.8, 4) is 5.75 Å². The van der Waals surface area contributed by atoms with E-state index in [1.807, 2.05) is 0 Å². The normalized spacial score (nSPS) is 19.4. The number of hydrogen-bond donors (Lipinski definition) is 1. The molecule has 1 aromatic rings. The highest BCUT2D eigenvalue weighted by atomic mass is 79.9. The van der Waals surface area contributed by atoms with Crippen molar-refractivity contribution in [2.24, 2.45) is 11.1 Å². The highest BCUT2D eigenvalue weighted by molar-refractivity contribution is 9.10. The minimum Gasteiger partial charge on any atom is -0.497 e. The molecule has 0 saturated carbocycles. The van der Waals surface area contributed by atoms with Gasteiger partial charge >= 0.3 is 0 Å². The molecule has 6 nitrogen and oxygen atoms in total. The van der Waals surface area contributed by atoms with Gasteiger partial charge in [-0.3, -0.25) is 4.79 Å². The van der Waals surface area contributed by atoms with Gasteiger partial charge in [0.25, 0.3) is 0 Å². The van der Waals surface area contributed by atoms with E-state index in [4.69, 9.17) is 9.88 Å². The van der Waals surface area contributed by atoms with Crippen molar-refractivity contribution in [1.82, 2.24) is 0 Å². The van der Waals surface area contributed by atoms with Crippen LogP contribution in [0.3, 0.4) is 0 Å². The minimum atomic E-state index is -3.57. The highest BCUT2D eigenvalue weighted by Gasteiger charge is 2.33. The van der Waals surface area contributed by atoms with Gasteiger partial charge in [-0.15, -0.1) is 0 Å². The van der Waals surface area contributed by atoms with Crippen LogP contribution in [0.15, 0.2) is 22.7 Å². The van der Waals surface area contributed by atoms with E-state index >= 15 is 0 Å². The molecule has 1 unspecified atom stereocenters. The van der Waals surface area contributed by atoms with Crippen LogP contribution in [-0.4, -0.2) is 33.7 Å². The Morgan fingerprint density at radius 1 is 1.50 bits per heavy atom. The summed E-state index contributed by atoms with van der Waals surface area (Å²) in [6.45, 7) is 0.334. The number of hydrogen-bond acceptors (Lipinski definition) is 4. The van der Waals surface area contributed by atoms with Crippen molar-refractivity contribution in [2.75, 3.05) is 24.3 Å². The summed E-state index contributed by atoms with van der Waals surface area (Å²) in [5.41, 5.74) is 0.672. The lowest BCUT2D eigenvalue weighted by molar-refractivity contribution is -0.117. The maximum atomic E-state index is 12.1. The van der Waals surface area contributed by atoms with E-state index in [0.717, 1.165) is 4.47 Å². The molecule has 20 heavy (non-hydrogen) atoms. The average molecular weight is 363 g/mol. The Hall–Kier alpha value is -1.12. The number of nitrogens with zero attached hydrogens (tertiary/aromatic N) is 1. The molecule has 1 saturated heterocycles. The Kier molecular flexibility index (Phi) is 4.36. The number of carbonyl (C=O) groups excluding carboxylic acids is 1. The van der Waals surface area contributed by atoms with Crippen molar-refractivity contribution in [3.63, 3.8) is 0 Å². The quantitative estimate of drug-likeness (QED) is 0.868. The molecule has 110 valence electrons. The fourth-order valence-electron chi connectivity index (χ4n) is 2.28. The monoisotopic (exact) mass is 362 g/mol. The maximum Gasteiger partial charge on any atom is 0.227 e. The summed E-state index contributed by atoms with van der Waals surface area (Å²) in [6.07, 6.45) is 0.181. The van der Waals surface area contributed by atoms with E-state index in [9.17, 15) is 13.2 Å². The Balaban J connectivity index is 2.24. The fourth-order valence-corrected chi connectivity index (χ4v) is 3.62. The smallest absolute Gasteiger partial charge is 0.227 e. The third-order valence-electron chi connectivity index (χ3n) is 3.12. The number of rotatable bonds is 4. The van der Waals surface area contributed by atoms with E-state index in [1.165, 1.54) is 0 Å². The first-order valence-electron chi connectivity index (χ1n) is 5.94. The Labute approximate surface area is 126 Å². The summed E-state index contributed by atoms with van der Waals surface area (Å²) < 4.78 is 28.1. The number of halogens is 1. The van der Waals surface area contributed by atoms with Crippen LogP contribution in [0.2, 0.25) is 0 Å². The van der Waals surface area contributed by atoms with Gasteiger partial charge in [0.15, 0.2) is 0 Å². The zero-order valence-electron chi connectivity index (χ0n) is 10.9. The number of amides is 1. The predicted molar refractivity (Wildman–Crippen MR) is 79.1 cm³/mol. The molecule has 0 bridgehead atoms. The summed E-state index contributed by atoms with van der Waals surface area (Å²) in [5, 5.41) is 5.03. The number of ether oxygens (including phenoxy) is 1. The van der Waals surface area contributed by atoms with Crippen molar-refractivity contribution >= 4 is 37.5 Å². The summed E-state index contributed by atoms with van der Waals surface area (Å²) in [6, 6.07) is 5.30. The molecule has 2 rings (SSSR count). The van der Waals surface area contributed by atoms with E-state index in [1.54, 1.807) is 30.2 Å². The molecule has 1 aliphatic rings. The van der Waals surface area contributed by atoms with E-state index in [2.05, 4.69) is 15.9 Å². The van der Waals surface area contributed by atoms with Gasteiger partial charge in [0.2, 0.25) is 15.9 Å². The van der Waals surface area contributed by atoms with Crippen LogP contribution in [0.5, 0.6) is 5.75 Å². The lowest BCUT2D eigenvalue weighted by Crippen LogP contribution is -2.27. The van der Waals surface area contributed by atoms with Gasteiger partial charge in [0.05, 0.1) is 18.6 Å². The second-order valence-corrected chi connectivity index (χ2v) is 7.23. The lowest BCUT2D eigenvalue weighted by atomic mass is 10.1. The number of methoxy groups -OCH3 is 1. The molecule has 0 spiro atoms. The molecule has 1 fully saturated rings. The molecule has 1 atom stereocenters. The topological polar surface area (TPSA) is 89.7 Å². The van der Waals surface area contributed by atoms with Crippen LogP contribution < -0.4 is 14.8 Å². The van der Waals surface area contributed by atoms with Gasteiger partial charge in [0.1, 0.15) is 5.75 Å². The van der Waals surface area contributed by atoms with E-state index in [-0.39, 0.29) is 24.0 Å². The van der Waals surface area contributed by atoms with Gasteiger partial charge in [-0.2, -0.15) is 0 Å². The fraction of sp³-hybridized carbons (Fsp3) is 0.417. The summed E-state index contributed by atoms with van der Waals surface area (Å²) in [7, 11) is -2.03. The molecule has 0 aromatic heterocycles. The van der Waals surface area contributed by atoms with Crippen molar-refractivity contribution in [1.29, 1.82) is 0 Å². The maximum absolute atomic E-state index is 12.1. The minimum absolute atomic E-state index is 0.118. The molecule has 1 aromatic carbocycles. The summed E-state index contributed by atoms with van der Waals surface area (Å²) in [5.74, 6) is 0.0469. The third kappa shape index (κ3) is 3.50. The molecule has 1 heterocycles. The van der Waals surface area contributed by atoms with Crippen LogP contribution in [0.1, 0.15) is 6.42 Å². The Morgan fingerprint density at radius 2 is 2.20 bits per heavy atom. The average Bonchev–Trinajstić information content (AvgIpc) is 2.68. The van der Waals surface area contributed by atoms with Crippen LogP contribution in [0.25, 0.3) is 0 Å². The largest absolute Gasteiger partial charge is 0.497 e. The number of benzene rings is 1. The number of nitrogens with two attached hydrogens (primary N) is 1. The molecule has 2 N–H and O–H groups in total. The van der Waals surface area contributed by atoms with Gasteiger partial charge in [-0.1, -0.05) is 0 Å². The van der Waals surface area contributed by atoms with Crippen LogP contribution >= 0.6 is 15.9 Å². The SMILES string of the molecule is COc1ccc(Br)c(N2CC(CS(N)(=O)=O)CC2=O)c1. The highest BCUT2D eigenvalue weighted by Crippen LogP contribution is 2.34. The Bertz CT molecular complexity index is 632. The van der Waals surface area contributed by atoms with Crippen molar-refractivity contribution in [2.45, 2.75) is 6.42 Å². The van der Waals surface area contributed by atoms with Gasteiger partial charge in [0, 0.05) is 29.4 Å². The molecular formula is C12H15BrN2O4S. The standard InChI is InChI=1S/C12H15BrN2O4S/c1-19-9-2-3-10(13)11(5-9)15-6-8(4-12(15)16)7-20(14,17)18/h2-3,5,8H,4,6-7H2,1H3,(H2,14,17,18). The first-order valence-corrected chi connectivity index (χ1v) is 8.45. The van der Waals surface area contributed by atoms with Crippen LogP contribution in [0, 0.1) is 5.92 Å². The molecule has 0 radical (unpaired) electrons. The van der Waals surface area contributed by atoms with Crippen molar-refractivity contribution < 1.29 is 17.9 Å². The van der Waals surface area contributed by atoms with Crippen LogP contribution in [-0.2, 0) is 14.8 Å². The Morgan fingerprint density at radius 3 is 2.80 bits per heavy atom. The zero-order chi connectivity index (χ0) is 14.9. The second-order valence-electron chi connectivity index (χ2n) is 4.72. The van der Waals surface area contributed by atoms with Crippen molar-refractivity contribution in [3.05, 3.63) is 22.7 Å². The number of sulfonamides is 1. The first kappa shape index (κ1) is 15.3. The zero-order valence-corrected chi connectivity index (χ0v) is 13.3. The van der Waals surface area contributed by atoms with Crippen LogP contribution in [0.4, 0.5) is 5.69 Å². The summed E-state index contributed by atoms with van der Waals surface area (Å²) in [4.78, 5) is 13.6. The lowest BCUT2D eigenvalue weighted by Gasteiger charge is -2.19. The molecule has 0 aliphatic carbocycles. The van der Waals surface area contributed by atoms with Gasteiger partial charge in [-0.05, 0) is 28.1 Å². The molecule has 1 amide bonds. The number of carbonyl (C=O) groups is 1. The summed E-state index contributed by atoms with van der Waals surface area (Å²) >= 11 is 3.39. The van der Waals surface area contributed by atoms with E-state index < -0.39 is 10.0 Å². The molecular weight excluding hydrogens is 348 g/mol. The molecule has 1 aliphatic heterocycles. The number of anilines is 1. The first-order chi connectivity index (χ1) is 9.30. The molecule has 8 heteroatoms. The van der Waals surface area contributed by atoms with Gasteiger partial charge in [-0.25, -0.2) is 13.6 Å².